The van der Waals surface area contributed by atoms with Crippen molar-refractivity contribution in [2.45, 2.75) is 0 Å². The van der Waals surface area contributed by atoms with Crippen LogP contribution in [0.2, 0.25) is 0 Å². The van der Waals surface area contributed by atoms with E-state index in [0.29, 0.717) is 11.4 Å². The van der Waals surface area contributed by atoms with Crippen LogP contribution in [0.25, 0.3) is 171 Å². The largest absolute Gasteiger partial charge is 0.309 e. The van der Waals surface area contributed by atoms with Crippen molar-refractivity contribution in [2.75, 3.05) is 0 Å². The van der Waals surface area contributed by atoms with E-state index in [1.807, 2.05) is 24.3 Å². The van der Waals surface area contributed by atoms with Gasteiger partial charge >= 0.3 is 0 Å². The first-order valence-electron chi connectivity index (χ1n) is 30.1. The van der Waals surface area contributed by atoms with Crippen molar-refractivity contribution in [1.29, 1.82) is 5.26 Å². The maximum absolute atomic E-state index is 12.6. The van der Waals surface area contributed by atoms with Crippen molar-refractivity contribution in [1.82, 2.24) is 32.8 Å². The molecule has 0 unspecified atom stereocenters. The Bertz CT molecular complexity index is 6150. The number of hydrogen-bond donors (Lipinski definition) is 0. The monoisotopic (exact) mass is 1130 g/mol. The normalized spacial score (nSPS) is 12.0. The minimum Gasteiger partial charge on any atom is -0.309 e. The smallest absolute Gasteiger partial charge is 0.160 e. The summed E-state index contributed by atoms with van der Waals surface area (Å²) in [4.78, 5) is 10.9. The molecule has 6 aromatic heterocycles. The van der Waals surface area contributed by atoms with Gasteiger partial charge in [0.1, 0.15) is 11.6 Å². The Balaban J connectivity index is 1.04. The fourth-order valence-corrected chi connectivity index (χ4v) is 14.9. The lowest BCUT2D eigenvalue weighted by atomic mass is 9.99. The van der Waals surface area contributed by atoms with Crippen LogP contribution in [0.1, 0.15) is 5.56 Å². The number of hydrogen-bond acceptors (Lipinski definition) is 3. The molecule has 0 radical (unpaired) electrons. The second-order valence-electron chi connectivity index (χ2n) is 23.1. The average Bonchev–Trinajstić information content (AvgIpc) is 1.52. The zero-order chi connectivity index (χ0) is 58.4. The molecule has 0 aliphatic rings. The Morgan fingerprint density at radius 1 is 0.270 bits per heavy atom. The summed E-state index contributed by atoms with van der Waals surface area (Å²) in [5.74, 6) is 0.615. The molecule has 412 valence electrons. The van der Waals surface area contributed by atoms with Gasteiger partial charge in [0, 0.05) is 87.4 Å². The molecule has 0 aliphatic carbocycles. The molecule has 89 heavy (non-hydrogen) atoms. The van der Waals surface area contributed by atoms with Crippen LogP contribution in [-0.2, 0) is 0 Å². The van der Waals surface area contributed by atoms with Gasteiger partial charge in [0.2, 0.25) is 0 Å². The van der Waals surface area contributed by atoms with Gasteiger partial charge in [-0.1, -0.05) is 194 Å². The molecule has 19 rings (SSSR count). The van der Waals surface area contributed by atoms with Crippen LogP contribution in [0, 0.1) is 11.3 Å². The average molecular weight is 1130 g/mol. The molecule has 19 aromatic rings. The summed E-state index contributed by atoms with van der Waals surface area (Å²) in [5, 5.41) is 24.6. The number of para-hydroxylation sites is 9. The first-order chi connectivity index (χ1) is 44.2. The predicted octanol–water partition coefficient (Wildman–Crippen LogP) is 20.3. The van der Waals surface area contributed by atoms with E-state index in [0.717, 1.165) is 165 Å². The van der Waals surface area contributed by atoms with E-state index in [1.54, 1.807) is 0 Å². The van der Waals surface area contributed by atoms with Crippen molar-refractivity contribution in [3.8, 4) is 57.2 Å². The molecular weight excluding hydrogens is 1080 g/mol. The second-order valence-corrected chi connectivity index (χ2v) is 23.1. The summed E-state index contributed by atoms with van der Waals surface area (Å²) in [7, 11) is 0. The van der Waals surface area contributed by atoms with E-state index >= 15 is 0 Å². The van der Waals surface area contributed by atoms with Gasteiger partial charge in [-0.15, -0.1) is 0 Å². The van der Waals surface area contributed by atoms with Gasteiger partial charge in [-0.2, -0.15) is 5.26 Å². The van der Waals surface area contributed by atoms with Crippen molar-refractivity contribution >= 4 is 120 Å². The highest BCUT2D eigenvalue weighted by Crippen LogP contribution is 2.52. The van der Waals surface area contributed by atoms with E-state index in [2.05, 4.69) is 296 Å². The first kappa shape index (κ1) is 49.0. The molecule has 0 N–H and O–H groups in total. The van der Waals surface area contributed by atoms with Gasteiger partial charge in [0.05, 0.1) is 77.8 Å². The minimum atomic E-state index is 0.510. The van der Waals surface area contributed by atoms with E-state index in [-0.39, 0.29) is 0 Å². The third-order valence-corrected chi connectivity index (χ3v) is 18.4. The number of nitriles is 1. The molecule has 0 bridgehead atoms. The molecule has 8 nitrogen and oxygen atoms in total. The molecule has 13 aromatic carbocycles. The van der Waals surface area contributed by atoms with Crippen LogP contribution >= 0.6 is 0 Å². The van der Waals surface area contributed by atoms with Gasteiger partial charge in [0.15, 0.2) is 5.82 Å². The first-order valence-corrected chi connectivity index (χ1v) is 30.1. The second kappa shape index (κ2) is 18.8. The van der Waals surface area contributed by atoms with E-state index in [1.165, 1.54) is 0 Å². The van der Waals surface area contributed by atoms with Crippen LogP contribution in [-0.4, -0.2) is 32.8 Å². The van der Waals surface area contributed by atoms with Crippen LogP contribution < -0.4 is 0 Å². The standard InChI is InChI=1S/C81H48N8/c82-49-63-70(88-66-41-21-15-34-56(66)62-47-72-61(48-73(62)88)55-33-14-20-40-65(55)85(72)52-27-7-2-8-28-52)45-51(77-57-35-13-19-39-64(57)83-81(84-77)50-25-5-1-6-26-50)46-71(63)89-69-44-24-18-38-60(69)76-79-74(58-36-16-22-42-67(58)86(79)53-29-9-3-10-30-53)78-75(80(76)89)59-37-17-23-43-68(59)87(78)54-31-11-4-12-32-54/h1-48H. The number of rotatable bonds is 7. The number of fused-ring (bicyclic) bond motifs is 19. The van der Waals surface area contributed by atoms with Gasteiger partial charge in [-0.05, 0) is 97.1 Å². The molecule has 8 heteroatoms. The number of aromatic nitrogens is 7. The lowest BCUT2D eigenvalue weighted by Gasteiger charge is -2.19. The fraction of sp³-hybridized carbons (Fsp3) is 0. The molecule has 0 saturated heterocycles. The van der Waals surface area contributed by atoms with Crippen molar-refractivity contribution in [3.05, 3.63) is 297 Å². The third kappa shape index (κ3) is 6.92. The van der Waals surface area contributed by atoms with E-state index in [4.69, 9.17) is 9.97 Å². The summed E-state index contributed by atoms with van der Waals surface area (Å²) in [6.45, 7) is 0. The Morgan fingerprint density at radius 2 is 0.629 bits per heavy atom. The number of benzene rings is 13. The predicted molar refractivity (Wildman–Crippen MR) is 367 cm³/mol. The Morgan fingerprint density at radius 3 is 1.12 bits per heavy atom. The van der Waals surface area contributed by atoms with Gasteiger partial charge in [-0.25, -0.2) is 9.97 Å². The highest BCUT2D eigenvalue weighted by Gasteiger charge is 2.31. The maximum atomic E-state index is 12.6. The summed E-state index contributed by atoms with van der Waals surface area (Å²) >= 11 is 0. The topological polar surface area (TPSA) is 74.2 Å². The van der Waals surface area contributed by atoms with Crippen LogP contribution in [0.5, 0.6) is 0 Å². The molecule has 0 atom stereocenters. The maximum Gasteiger partial charge on any atom is 0.160 e. The van der Waals surface area contributed by atoms with Crippen molar-refractivity contribution in [3.63, 3.8) is 0 Å². The number of nitrogens with zero attached hydrogens (tertiary/aromatic N) is 8. The van der Waals surface area contributed by atoms with Gasteiger partial charge < -0.3 is 22.8 Å². The van der Waals surface area contributed by atoms with Crippen molar-refractivity contribution in [2.24, 2.45) is 0 Å². The SMILES string of the molecule is N#Cc1c(-n2c3ccccc3c3cc4c(cc32)c2ccccc2n4-c2ccccc2)cc(-c2nc(-c3ccccc3)nc3ccccc23)cc1-n1c2ccccc2c2c3c(c4ccccc4n3-c3ccccc3)c3c(c4ccccc4n3-c3ccccc3)c21. The van der Waals surface area contributed by atoms with Crippen LogP contribution in [0.3, 0.4) is 0 Å². The highest BCUT2D eigenvalue weighted by atomic mass is 15.1. The van der Waals surface area contributed by atoms with E-state index in [9.17, 15) is 5.26 Å². The van der Waals surface area contributed by atoms with Crippen LogP contribution in [0.15, 0.2) is 291 Å². The summed E-state index contributed by atoms with van der Waals surface area (Å²) < 4.78 is 12.1. The molecule has 0 amide bonds. The third-order valence-electron chi connectivity index (χ3n) is 18.4. The summed E-state index contributed by atoms with van der Waals surface area (Å²) in [6.07, 6.45) is 0. The zero-order valence-corrected chi connectivity index (χ0v) is 47.8. The molecule has 0 fully saturated rings. The Hall–Kier alpha value is -12.3. The molecule has 0 aliphatic heterocycles. The lowest BCUT2D eigenvalue weighted by Crippen LogP contribution is -2.06. The Labute approximate surface area is 509 Å². The molecule has 0 saturated carbocycles. The highest BCUT2D eigenvalue weighted by molar-refractivity contribution is 6.40. The van der Waals surface area contributed by atoms with Crippen molar-refractivity contribution < 1.29 is 0 Å². The Kier molecular flexibility index (Phi) is 10.4. The minimum absolute atomic E-state index is 0.510. The van der Waals surface area contributed by atoms with Gasteiger partial charge in [0.25, 0.3) is 0 Å². The molecule has 6 heterocycles. The molecular formula is C81H48N8. The fourth-order valence-electron chi connectivity index (χ4n) is 14.9. The van der Waals surface area contributed by atoms with Gasteiger partial charge in [-0.3, -0.25) is 0 Å². The summed E-state index contributed by atoms with van der Waals surface area (Å²) in [5.41, 5.74) is 19.0. The van der Waals surface area contributed by atoms with E-state index < -0.39 is 0 Å². The summed E-state index contributed by atoms with van der Waals surface area (Å²) in [6, 6.07) is 107. The quantitative estimate of drug-likeness (QED) is 0.160. The lowest BCUT2D eigenvalue weighted by molar-refractivity contribution is 1.12. The van der Waals surface area contributed by atoms with Crippen LogP contribution in [0.4, 0.5) is 0 Å². The molecule has 0 spiro atoms. The zero-order valence-electron chi connectivity index (χ0n) is 47.8.